The van der Waals surface area contributed by atoms with Crippen LogP contribution in [0.25, 0.3) is 11.1 Å². The van der Waals surface area contributed by atoms with Gasteiger partial charge in [0.25, 0.3) is 0 Å². The molecule has 1 unspecified atom stereocenters. The van der Waals surface area contributed by atoms with E-state index in [1.807, 2.05) is 4.90 Å². The van der Waals surface area contributed by atoms with E-state index in [9.17, 15) is 18.4 Å². The van der Waals surface area contributed by atoms with Crippen molar-refractivity contribution in [1.82, 2.24) is 10.6 Å². The predicted molar refractivity (Wildman–Crippen MR) is 113 cm³/mol. The Bertz CT molecular complexity index is 995. The molecule has 2 fully saturated rings. The molecule has 7 nitrogen and oxygen atoms in total. The summed E-state index contributed by atoms with van der Waals surface area (Å²) < 4.78 is 34.8. The second kappa shape index (κ2) is 8.89. The van der Waals surface area contributed by atoms with Gasteiger partial charge in [-0.1, -0.05) is 6.07 Å². The third-order valence-corrected chi connectivity index (χ3v) is 5.43. The van der Waals surface area contributed by atoms with Crippen molar-refractivity contribution in [3.05, 3.63) is 48.0 Å². The number of hydrogen-bond donors (Lipinski definition) is 2. The lowest BCUT2D eigenvalue weighted by Gasteiger charge is -2.29. The summed E-state index contributed by atoms with van der Waals surface area (Å²) >= 11 is 0. The molecule has 0 radical (unpaired) electrons. The van der Waals surface area contributed by atoms with Crippen LogP contribution >= 0.6 is 0 Å². The van der Waals surface area contributed by atoms with E-state index in [0.29, 0.717) is 30.0 Å². The normalized spacial score (nSPS) is 18.8. The maximum atomic E-state index is 14.9. The molecule has 0 bridgehead atoms. The SMILES string of the molecule is CC(=O)NCC1CN(c2ccc(-c3ccc(N4CCNCC4)c(F)c3)c(F)c2)C(=O)O1. The van der Waals surface area contributed by atoms with Crippen molar-refractivity contribution in [2.24, 2.45) is 0 Å². The van der Waals surface area contributed by atoms with Crippen LogP contribution in [0.1, 0.15) is 6.92 Å². The van der Waals surface area contributed by atoms with E-state index in [0.717, 1.165) is 13.1 Å². The van der Waals surface area contributed by atoms with Crippen LogP contribution in [0.5, 0.6) is 0 Å². The van der Waals surface area contributed by atoms with Gasteiger partial charge in [0.2, 0.25) is 5.91 Å². The summed E-state index contributed by atoms with van der Waals surface area (Å²) in [7, 11) is 0. The van der Waals surface area contributed by atoms with Crippen molar-refractivity contribution in [2.75, 3.05) is 49.1 Å². The minimum Gasteiger partial charge on any atom is -0.442 e. The summed E-state index contributed by atoms with van der Waals surface area (Å²) in [6.45, 7) is 4.79. The summed E-state index contributed by atoms with van der Waals surface area (Å²) in [6, 6.07) is 9.07. The molecule has 1 atom stereocenters. The fourth-order valence-electron chi connectivity index (χ4n) is 3.84. The number of piperazine rings is 1. The van der Waals surface area contributed by atoms with E-state index in [1.54, 1.807) is 18.2 Å². The Morgan fingerprint density at radius 2 is 1.94 bits per heavy atom. The monoisotopic (exact) mass is 430 g/mol. The Labute approximate surface area is 179 Å². The molecule has 164 valence electrons. The Morgan fingerprint density at radius 3 is 2.61 bits per heavy atom. The maximum absolute atomic E-state index is 14.9. The molecule has 2 aliphatic rings. The summed E-state index contributed by atoms with van der Waals surface area (Å²) in [6.07, 6.45) is -1.11. The molecule has 2 aliphatic heterocycles. The summed E-state index contributed by atoms with van der Waals surface area (Å²) in [5.41, 5.74) is 1.52. The number of nitrogens with zero attached hydrogens (tertiary/aromatic N) is 2. The van der Waals surface area contributed by atoms with E-state index in [1.165, 1.54) is 30.0 Å². The van der Waals surface area contributed by atoms with Crippen LogP contribution in [0.15, 0.2) is 36.4 Å². The molecule has 2 heterocycles. The molecule has 4 rings (SSSR count). The Kier molecular flexibility index (Phi) is 6.03. The number of cyclic esters (lactones) is 1. The molecule has 2 aromatic carbocycles. The fourth-order valence-corrected chi connectivity index (χ4v) is 3.84. The largest absolute Gasteiger partial charge is 0.442 e. The smallest absolute Gasteiger partial charge is 0.414 e. The maximum Gasteiger partial charge on any atom is 0.414 e. The number of ether oxygens (including phenoxy) is 1. The van der Waals surface area contributed by atoms with Crippen LogP contribution in [0, 0.1) is 11.6 Å². The number of hydrogen-bond acceptors (Lipinski definition) is 5. The van der Waals surface area contributed by atoms with Crippen LogP contribution in [0.3, 0.4) is 0 Å². The molecule has 0 spiro atoms. The first-order valence-electron chi connectivity index (χ1n) is 10.2. The van der Waals surface area contributed by atoms with E-state index in [-0.39, 0.29) is 24.6 Å². The van der Waals surface area contributed by atoms with Crippen molar-refractivity contribution < 1.29 is 23.1 Å². The molecule has 2 saturated heterocycles. The number of amides is 2. The minimum atomic E-state index is -0.603. The van der Waals surface area contributed by atoms with Gasteiger partial charge in [0.05, 0.1) is 24.5 Å². The van der Waals surface area contributed by atoms with E-state index >= 15 is 0 Å². The van der Waals surface area contributed by atoms with Gasteiger partial charge in [-0.25, -0.2) is 13.6 Å². The second-order valence-corrected chi connectivity index (χ2v) is 7.62. The quantitative estimate of drug-likeness (QED) is 0.763. The van der Waals surface area contributed by atoms with Gasteiger partial charge in [-0.15, -0.1) is 0 Å². The van der Waals surface area contributed by atoms with Gasteiger partial charge in [0, 0.05) is 38.7 Å². The van der Waals surface area contributed by atoms with Crippen LogP contribution in [0.4, 0.5) is 25.0 Å². The number of benzene rings is 2. The van der Waals surface area contributed by atoms with Gasteiger partial charge in [-0.2, -0.15) is 0 Å². The first-order chi connectivity index (χ1) is 14.9. The van der Waals surface area contributed by atoms with Crippen LogP contribution in [0.2, 0.25) is 0 Å². The molecular weight excluding hydrogens is 406 g/mol. The van der Waals surface area contributed by atoms with Crippen molar-refractivity contribution in [3.63, 3.8) is 0 Å². The van der Waals surface area contributed by atoms with E-state index in [4.69, 9.17) is 4.74 Å². The van der Waals surface area contributed by atoms with Gasteiger partial charge in [0.15, 0.2) is 0 Å². The average Bonchev–Trinajstić information content (AvgIpc) is 3.13. The molecular formula is C22H24F2N4O3. The highest BCUT2D eigenvalue weighted by atomic mass is 19.1. The zero-order valence-electron chi connectivity index (χ0n) is 17.2. The molecule has 9 heteroatoms. The molecule has 2 aromatic rings. The minimum absolute atomic E-state index is 0.191. The lowest BCUT2D eigenvalue weighted by molar-refractivity contribution is -0.119. The topological polar surface area (TPSA) is 73.9 Å². The number of anilines is 2. The Balaban J connectivity index is 1.51. The van der Waals surface area contributed by atoms with Crippen LogP contribution in [-0.4, -0.2) is 57.4 Å². The first-order valence-corrected chi connectivity index (χ1v) is 10.2. The van der Waals surface area contributed by atoms with Crippen molar-refractivity contribution >= 4 is 23.4 Å². The third kappa shape index (κ3) is 4.61. The number of halogens is 2. The van der Waals surface area contributed by atoms with E-state index < -0.39 is 23.8 Å². The van der Waals surface area contributed by atoms with Crippen molar-refractivity contribution in [2.45, 2.75) is 13.0 Å². The summed E-state index contributed by atoms with van der Waals surface area (Å²) in [5.74, 6) is -1.18. The zero-order valence-corrected chi connectivity index (χ0v) is 17.2. The Morgan fingerprint density at radius 1 is 1.16 bits per heavy atom. The highest BCUT2D eigenvalue weighted by Gasteiger charge is 2.32. The van der Waals surface area contributed by atoms with Gasteiger partial charge < -0.3 is 20.3 Å². The zero-order chi connectivity index (χ0) is 22.0. The molecule has 0 aromatic heterocycles. The number of nitrogens with one attached hydrogen (secondary N) is 2. The van der Waals surface area contributed by atoms with Gasteiger partial charge in [-0.3, -0.25) is 9.69 Å². The number of carbonyl (C=O) groups excluding carboxylic acids is 2. The highest BCUT2D eigenvalue weighted by Crippen LogP contribution is 2.31. The molecule has 31 heavy (non-hydrogen) atoms. The fraction of sp³-hybridized carbons (Fsp3) is 0.364. The van der Waals surface area contributed by atoms with Crippen LogP contribution < -0.4 is 20.4 Å². The average molecular weight is 430 g/mol. The highest BCUT2D eigenvalue weighted by molar-refractivity contribution is 5.90. The molecule has 2 N–H and O–H groups in total. The summed E-state index contributed by atoms with van der Waals surface area (Å²) in [4.78, 5) is 26.5. The Hall–Kier alpha value is -3.20. The first kappa shape index (κ1) is 21.0. The van der Waals surface area contributed by atoms with Crippen molar-refractivity contribution in [3.8, 4) is 11.1 Å². The third-order valence-electron chi connectivity index (χ3n) is 5.43. The number of carbonyl (C=O) groups is 2. The lowest BCUT2D eigenvalue weighted by atomic mass is 10.0. The standard InChI is InChI=1S/C22H24F2N4O3/c1-14(29)26-12-17-13-28(22(30)31-17)16-3-4-18(19(23)11-16)15-2-5-21(20(24)10-15)27-8-6-25-7-9-27/h2-5,10-11,17,25H,6-9,12-13H2,1H3,(H,26,29). The lowest BCUT2D eigenvalue weighted by Crippen LogP contribution is -2.43. The molecule has 0 aliphatic carbocycles. The molecule has 2 amide bonds. The predicted octanol–water partition coefficient (Wildman–Crippen LogP) is 2.50. The molecule has 0 saturated carbocycles. The van der Waals surface area contributed by atoms with Gasteiger partial charge >= 0.3 is 6.09 Å². The van der Waals surface area contributed by atoms with E-state index in [2.05, 4.69) is 10.6 Å². The van der Waals surface area contributed by atoms with Gasteiger partial charge in [-0.05, 0) is 35.9 Å². The van der Waals surface area contributed by atoms with Crippen LogP contribution in [-0.2, 0) is 9.53 Å². The summed E-state index contributed by atoms with van der Waals surface area (Å²) in [5, 5.41) is 5.82. The second-order valence-electron chi connectivity index (χ2n) is 7.62. The van der Waals surface area contributed by atoms with Crippen molar-refractivity contribution in [1.29, 1.82) is 0 Å². The number of rotatable bonds is 5. The van der Waals surface area contributed by atoms with Gasteiger partial charge in [0.1, 0.15) is 17.7 Å².